The molecule has 0 radical (unpaired) electrons. The van der Waals surface area contributed by atoms with Crippen LogP contribution >= 0.6 is 0 Å². The van der Waals surface area contributed by atoms with Crippen molar-refractivity contribution in [1.29, 1.82) is 5.26 Å². The van der Waals surface area contributed by atoms with E-state index < -0.39 is 10.4 Å². The highest BCUT2D eigenvalue weighted by Gasteiger charge is 1.93. The van der Waals surface area contributed by atoms with E-state index in [2.05, 4.69) is 15.0 Å². The predicted molar refractivity (Wildman–Crippen MR) is 64.4 cm³/mol. The highest BCUT2D eigenvalue weighted by Crippen LogP contribution is 1.83. The molecule has 0 aromatic carbocycles. The molecule has 0 aliphatic carbocycles. The minimum atomic E-state index is -4.53. The zero-order valence-corrected chi connectivity index (χ0v) is 11.4. The summed E-state index contributed by atoms with van der Waals surface area (Å²) in [6, 6.07) is 7.97. The summed E-state index contributed by atoms with van der Waals surface area (Å²) in [6.07, 6.45) is 4.49. The molecule has 0 spiro atoms. The summed E-state index contributed by atoms with van der Waals surface area (Å²) in [5, 5.41) is 8.26. The van der Waals surface area contributed by atoms with Crippen molar-refractivity contribution in [3.63, 3.8) is 0 Å². The first-order valence-corrected chi connectivity index (χ1v) is 6.73. The maximum absolute atomic E-state index is 9.67. The van der Waals surface area contributed by atoms with Crippen molar-refractivity contribution in [2.45, 2.75) is 13.0 Å². The molecule has 8 heteroatoms. The van der Waals surface area contributed by atoms with Crippen molar-refractivity contribution in [3.05, 3.63) is 30.6 Å². The van der Waals surface area contributed by atoms with Gasteiger partial charge in [-0.05, 0) is 0 Å². The van der Waals surface area contributed by atoms with Gasteiger partial charge in [0.2, 0.25) is 10.4 Å². The molecule has 0 atom stereocenters. The SMILES string of the molecule is COCCOS(=O)(=O)[O-].N#CCC[n+]1ccccc1. The lowest BCUT2D eigenvalue weighted by atomic mass is 10.4. The molecule has 19 heavy (non-hydrogen) atoms. The maximum Gasteiger partial charge on any atom is 0.217 e. The van der Waals surface area contributed by atoms with Gasteiger partial charge in [-0.25, -0.2) is 13.0 Å². The molecule has 1 rings (SSSR count). The number of hydrogen-bond acceptors (Lipinski definition) is 6. The summed E-state index contributed by atoms with van der Waals surface area (Å²) < 4.78 is 39.2. The Bertz CT molecular complexity index is 470. The van der Waals surface area contributed by atoms with E-state index in [-0.39, 0.29) is 13.2 Å². The molecule has 0 saturated heterocycles. The summed E-state index contributed by atoms with van der Waals surface area (Å²) in [4.78, 5) is 0. The number of pyridine rings is 1. The first-order chi connectivity index (χ1) is 8.99. The monoisotopic (exact) mass is 288 g/mol. The third-order valence-electron chi connectivity index (χ3n) is 1.77. The Morgan fingerprint density at radius 2 is 1.89 bits per heavy atom. The van der Waals surface area contributed by atoms with Gasteiger partial charge in [-0.15, -0.1) is 0 Å². The number of methoxy groups -OCH3 is 1. The van der Waals surface area contributed by atoms with Crippen LogP contribution in [0.4, 0.5) is 0 Å². The number of aryl methyl sites for hydroxylation is 1. The molecular weight excluding hydrogens is 272 g/mol. The van der Waals surface area contributed by atoms with E-state index in [4.69, 9.17) is 5.26 Å². The molecule has 0 N–H and O–H groups in total. The number of rotatable bonds is 6. The standard InChI is InChI=1S/C8H9N2.C3H8O5S/c9-5-4-8-10-6-2-1-3-7-10;1-7-2-3-8-9(4,5)6/h1-3,6-7H,4,8H2;2-3H2,1H3,(H,4,5,6)/q+1;/p-1. The van der Waals surface area contributed by atoms with Crippen molar-refractivity contribution in [2.24, 2.45) is 0 Å². The van der Waals surface area contributed by atoms with Gasteiger partial charge < -0.3 is 9.29 Å². The van der Waals surface area contributed by atoms with Crippen LogP contribution in [0.25, 0.3) is 0 Å². The van der Waals surface area contributed by atoms with E-state index in [1.54, 1.807) is 0 Å². The minimum absolute atomic E-state index is 0.0987. The van der Waals surface area contributed by atoms with Crippen LogP contribution in [0.1, 0.15) is 6.42 Å². The zero-order chi connectivity index (χ0) is 14.6. The third-order valence-corrected chi connectivity index (χ3v) is 2.23. The lowest BCUT2D eigenvalue weighted by Gasteiger charge is -2.05. The van der Waals surface area contributed by atoms with Crippen molar-refractivity contribution in [3.8, 4) is 6.07 Å². The fraction of sp³-hybridized carbons (Fsp3) is 0.455. The average molecular weight is 288 g/mol. The van der Waals surface area contributed by atoms with Gasteiger partial charge in [0.05, 0.1) is 25.7 Å². The molecular formula is C11H16N2O5S. The Morgan fingerprint density at radius 1 is 1.26 bits per heavy atom. The van der Waals surface area contributed by atoms with Crippen LogP contribution in [-0.2, 0) is 25.9 Å². The van der Waals surface area contributed by atoms with Gasteiger partial charge in [-0.2, -0.15) is 5.26 Å². The van der Waals surface area contributed by atoms with Gasteiger partial charge in [-0.3, -0.25) is 4.18 Å². The van der Waals surface area contributed by atoms with Gasteiger partial charge in [-0.1, -0.05) is 6.07 Å². The first-order valence-electron chi connectivity index (χ1n) is 5.40. The number of nitriles is 1. The Kier molecular flexibility index (Phi) is 9.56. The predicted octanol–water partition coefficient (Wildman–Crippen LogP) is -0.00262. The average Bonchev–Trinajstić information content (AvgIpc) is 2.37. The number of aromatic nitrogens is 1. The smallest absolute Gasteiger partial charge is 0.217 e. The van der Waals surface area contributed by atoms with E-state index in [1.807, 2.05) is 35.2 Å². The fourth-order valence-corrected chi connectivity index (χ4v) is 1.25. The van der Waals surface area contributed by atoms with Gasteiger partial charge >= 0.3 is 0 Å². The lowest BCUT2D eigenvalue weighted by Crippen LogP contribution is -2.31. The first kappa shape index (κ1) is 17.5. The second-order valence-corrected chi connectivity index (χ2v) is 4.30. The summed E-state index contributed by atoms with van der Waals surface area (Å²) >= 11 is 0. The molecule has 0 aliphatic heterocycles. The van der Waals surface area contributed by atoms with Crippen LogP contribution in [0.15, 0.2) is 30.6 Å². The number of nitrogens with zero attached hydrogens (tertiary/aromatic N) is 2. The van der Waals surface area contributed by atoms with E-state index in [0.717, 1.165) is 6.54 Å². The molecule has 1 aromatic rings. The highest BCUT2D eigenvalue weighted by molar-refractivity contribution is 7.80. The van der Waals surface area contributed by atoms with E-state index >= 15 is 0 Å². The molecule has 1 aromatic heterocycles. The van der Waals surface area contributed by atoms with Crippen LogP contribution in [0.2, 0.25) is 0 Å². The highest BCUT2D eigenvalue weighted by atomic mass is 32.3. The second kappa shape index (κ2) is 10.4. The summed E-state index contributed by atoms with van der Waals surface area (Å²) in [6.45, 7) is 0.668. The van der Waals surface area contributed by atoms with Crippen molar-refractivity contribution in [2.75, 3.05) is 20.3 Å². The van der Waals surface area contributed by atoms with E-state index in [0.29, 0.717) is 6.42 Å². The van der Waals surface area contributed by atoms with E-state index in [1.165, 1.54) is 7.11 Å². The van der Waals surface area contributed by atoms with Crippen LogP contribution < -0.4 is 4.57 Å². The Hall–Kier alpha value is -1.53. The lowest BCUT2D eigenvalue weighted by molar-refractivity contribution is -0.695. The van der Waals surface area contributed by atoms with Gasteiger partial charge in [0.15, 0.2) is 18.9 Å². The Balaban J connectivity index is 0.000000344. The molecule has 1 heterocycles. The van der Waals surface area contributed by atoms with Crippen LogP contribution in [-0.4, -0.2) is 33.3 Å². The third kappa shape index (κ3) is 12.7. The summed E-state index contributed by atoms with van der Waals surface area (Å²) in [7, 11) is -3.15. The minimum Gasteiger partial charge on any atom is -0.726 e. The fourth-order valence-electron chi connectivity index (χ4n) is 0.982. The second-order valence-electron chi connectivity index (χ2n) is 3.24. The normalized spacial score (nSPS) is 10.2. The zero-order valence-electron chi connectivity index (χ0n) is 10.6. The number of hydrogen-bond donors (Lipinski definition) is 0. The quantitative estimate of drug-likeness (QED) is 0.316. The van der Waals surface area contributed by atoms with Gasteiger partial charge in [0.1, 0.15) is 0 Å². The summed E-state index contributed by atoms with van der Waals surface area (Å²) in [5.41, 5.74) is 0. The van der Waals surface area contributed by atoms with Gasteiger partial charge in [0, 0.05) is 19.2 Å². The Morgan fingerprint density at radius 3 is 2.37 bits per heavy atom. The molecule has 0 unspecified atom stereocenters. The molecule has 0 saturated carbocycles. The molecule has 0 fully saturated rings. The van der Waals surface area contributed by atoms with Crippen LogP contribution in [0.5, 0.6) is 0 Å². The largest absolute Gasteiger partial charge is 0.726 e. The van der Waals surface area contributed by atoms with Crippen molar-refractivity contribution >= 4 is 10.4 Å². The van der Waals surface area contributed by atoms with Crippen molar-refractivity contribution < 1.29 is 26.5 Å². The topological polar surface area (TPSA) is 103 Å². The Labute approximate surface area is 113 Å². The molecule has 0 amide bonds. The number of ether oxygens (including phenoxy) is 1. The van der Waals surface area contributed by atoms with Gasteiger partial charge in [0.25, 0.3) is 0 Å². The van der Waals surface area contributed by atoms with Crippen LogP contribution in [0, 0.1) is 11.3 Å². The van der Waals surface area contributed by atoms with Crippen molar-refractivity contribution in [1.82, 2.24) is 0 Å². The van der Waals surface area contributed by atoms with E-state index in [9.17, 15) is 13.0 Å². The van der Waals surface area contributed by atoms with Crippen LogP contribution in [0.3, 0.4) is 0 Å². The molecule has 7 nitrogen and oxygen atoms in total. The molecule has 0 bridgehead atoms. The molecule has 0 aliphatic rings. The maximum atomic E-state index is 9.67. The summed E-state index contributed by atoms with van der Waals surface area (Å²) in [5.74, 6) is 0. The molecule has 106 valence electrons.